The molecular weight excluding hydrogens is 254 g/mol. The van der Waals surface area contributed by atoms with Crippen molar-refractivity contribution >= 4 is 34.5 Å². The molecule has 0 spiro atoms. The zero-order chi connectivity index (χ0) is 13.7. The minimum absolute atomic E-state index is 0.473. The Balaban J connectivity index is 2.27. The molecule has 0 aliphatic carbocycles. The molecule has 0 unspecified atom stereocenters. The van der Waals surface area contributed by atoms with E-state index in [0.717, 1.165) is 11.4 Å². The molecule has 1 aromatic carbocycles. The minimum Gasteiger partial charge on any atom is -0.340 e. The van der Waals surface area contributed by atoms with Crippen LogP contribution in [0, 0.1) is 12.3 Å². The van der Waals surface area contributed by atoms with E-state index in [0.29, 0.717) is 10.7 Å². The molecule has 1 aromatic heterocycles. The van der Waals surface area contributed by atoms with Gasteiger partial charge in [0.05, 0.1) is 5.87 Å². The largest absolute Gasteiger partial charge is 0.340 e. The molecule has 1 heterocycles. The molecule has 0 aliphatic rings. The molecule has 94 valence electrons. The highest BCUT2D eigenvalue weighted by molar-refractivity contribution is 7.81. The zero-order valence-electron chi connectivity index (χ0n) is 10.6. The normalized spacial score (nSPS) is 9.53. The average molecular weight is 268 g/mol. The lowest BCUT2D eigenvalue weighted by atomic mass is 10.3. The lowest BCUT2D eigenvalue weighted by Gasteiger charge is -2.06. The fourth-order valence-electron chi connectivity index (χ4n) is 1.72. The van der Waals surface area contributed by atoms with Crippen LogP contribution in [-0.2, 0) is 0 Å². The average Bonchev–Trinajstić information content (AvgIpc) is 2.43. The number of pyridine rings is 1. The third kappa shape index (κ3) is 3.13. The van der Waals surface area contributed by atoms with Gasteiger partial charge in [-0.1, -0.05) is 36.5 Å². The van der Waals surface area contributed by atoms with E-state index >= 15 is 0 Å². The molecule has 0 saturated carbocycles. The van der Waals surface area contributed by atoms with Crippen molar-refractivity contribution in [2.24, 2.45) is 0 Å². The summed E-state index contributed by atoms with van der Waals surface area (Å²) in [6.07, 6.45) is 1.87. The zero-order valence-corrected chi connectivity index (χ0v) is 11.4. The van der Waals surface area contributed by atoms with Crippen LogP contribution < -0.4 is 9.88 Å². The summed E-state index contributed by atoms with van der Waals surface area (Å²) in [7, 11) is 0. The Morgan fingerprint density at radius 2 is 1.84 bits per heavy atom. The van der Waals surface area contributed by atoms with E-state index in [1.807, 2.05) is 66.2 Å². The highest BCUT2D eigenvalue weighted by atomic mass is 32.1. The lowest BCUT2D eigenvalue weighted by Crippen LogP contribution is -2.40. The molecule has 0 aliphatic heterocycles. The van der Waals surface area contributed by atoms with Gasteiger partial charge in [-0.2, -0.15) is 4.57 Å². The van der Waals surface area contributed by atoms with Crippen molar-refractivity contribution in [2.75, 3.05) is 5.32 Å². The van der Waals surface area contributed by atoms with E-state index < -0.39 is 0 Å². The quantitative estimate of drug-likeness (QED) is 0.389. The van der Waals surface area contributed by atoms with Crippen molar-refractivity contribution in [3.8, 4) is 0 Å². The molecule has 4 heteroatoms. The van der Waals surface area contributed by atoms with Gasteiger partial charge in [-0.3, -0.25) is 5.41 Å². The molecule has 2 aromatic rings. The van der Waals surface area contributed by atoms with Crippen LogP contribution in [0.4, 0.5) is 5.69 Å². The van der Waals surface area contributed by atoms with Crippen LogP contribution in [-0.4, -0.2) is 10.9 Å². The van der Waals surface area contributed by atoms with Crippen LogP contribution in [0.15, 0.2) is 54.7 Å². The number of anilines is 1. The van der Waals surface area contributed by atoms with Gasteiger partial charge in [0, 0.05) is 24.7 Å². The van der Waals surface area contributed by atoms with Gasteiger partial charge in [0.15, 0.2) is 16.9 Å². The molecule has 3 nitrogen and oxygen atoms in total. The summed E-state index contributed by atoms with van der Waals surface area (Å²) in [5, 5.41) is 10.6. The van der Waals surface area contributed by atoms with E-state index in [4.69, 9.17) is 17.6 Å². The summed E-state index contributed by atoms with van der Waals surface area (Å²) in [5.74, 6) is 2.41. The van der Waals surface area contributed by atoms with Gasteiger partial charge in [-0.05, 0) is 12.1 Å². The third-order valence-electron chi connectivity index (χ3n) is 2.67. The maximum atomic E-state index is 7.45. The summed E-state index contributed by atoms with van der Waals surface area (Å²) in [6, 6.07) is 15.5. The van der Waals surface area contributed by atoms with Crippen molar-refractivity contribution in [3.05, 3.63) is 60.4 Å². The van der Waals surface area contributed by atoms with Crippen LogP contribution in [0.3, 0.4) is 0 Å². The SMILES string of the molecule is Cc1cccc[n+]1C(=C=N)C(=S)Nc1ccccc1. The first-order valence-corrected chi connectivity index (χ1v) is 6.27. The van der Waals surface area contributed by atoms with Crippen molar-refractivity contribution < 1.29 is 4.57 Å². The molecule has 2 N–H and O–H groups in total. The number of para-hydroxylation sites is 1. The maximum absolute atomic E-state index is 7.45. The summed E-state index contributed by atoms with van der Waals surface area (Å²) in [6.45, 7) is 1.96. The third-order valence-corrected chi connectivity index (χ3v) is 2.97. The monoisotopic (exact) mass is 268 g/mol. The lowest BCUT2D eigenvalue weighted by molar-refractivity contribution is -0.581. The van der Waals surface area contributed by atoms with Gasteiger partial charge < -0.3 is 5.32 Å². The number of aromatic nitrogens is 1. The summed E-state index contributed by atoms with van der Waals surface area (Å²) in [5.41, 5.74) is 2.42. The van der Waals surface area contributed by atoms with Gasteiger partial charge in [0.2, 0.25) is 0 Å². The molecule has 0 fully saturated rings. The number of hydrogen-bond acceptors (Lipinski definition) is 2. The molecule has 0 amide bonds. The van der Waals surface area contributed by atoms with Gasteiger partial charge >= 0.3 is 5.70 Å². The van der Waals surface area contributed by atoms with E-state index in [2.05, 4.69) is 11.2 Å². The van der Waals surface area contributed by atoms with E-state index in [1.54, 1.807) is 0 Å². The molecule has 0 radical (unpaired) electrons. The molecular formula is C15H14N3S+. The van der Waals surface area contributed by atoms with Gasteiger partial charge in [0.1, 0.15) is 0 Å². The number of rotatable bonds is 3. The van der Waals surface area contributed by atoms with Crippen LogP contribution >= 0.6 is 12.2 Å². The second-order valence-electron chi connectivity index (χ2n) is 4.01. The fourth-order valence-corrected chi connectivity index (χ4v) is 1.98. The number of aryl methyl sites for hydroxylation is 1. The van der Waals surface area contributed by atoms with E-state index in [1.165, 1.54) is 0 Å². The van der Waals surface area contributed by atoms with E-state index in [-0.39, 0.29) is 0 Å². The van der Waals surface area contributed by atoms with Gasteiger partial charge in [0.25, 0.3) is 0 Å². The van der Waals surface area contributed by atoms with Gasteiger partial charge in [-0.15, -0.1) is 0 Å². The minimum atomic E-state index is 0.473. The topological polar surface area (TPSA) is 39.8 Å². The van der Waals surface area contributed by atoms with Gasteiger partial charge in [-0.25, -0.2) is 0 Å². The highest BCUT2D eigenvalue weighted by Gasteiger charge is 2.18. The number of thiocarbonyl (C=S) groups is 1. The Kier molecular flexibility index (Phi) is 4.18. The Bertz CT molecular complexity index is 643. The summed E-state index contributed by atoms with van der Waals surface area (Å²) in [4.78, 5) is 0.473. The number of nitrogens with one attached hydrogen (secondary N) is 2. The summed E-state index contributed by atoms with van der Waals surface area (Å²) >= 11 is 5.35. The van der Waals surface area contributed by atoms with Crippen LogP contribution in [0.2, 0.25) is 0 Å². The molecule has 2 rings (SSSR count). The molecule has 19 heavy (non-hydrogen) atoms. The Hall–Kier alpha value is -2.29. The fraction of sp³-hybridized carbons (Fsp3) is 0.0667. The highest BCUT2D eigenvalue weighted by Crippen LogP contribution is 2.08. The summed E-state index contributed by atoms with van der Waals surface area (Å²) < 4.78 is 1.84. The number of nitrogens with zero attached hydrogens (tertiary/aromatic N) is 1. The van der Waals surface area contributed by atoms with Crippen molar-refractivity contribution in [1.82, 2.24) is 0 Å². The predicted octanol–water partition coefficient (Wildman–Crippen LogP) is 2.81. The Morgan fingerprint density at radius 3 is 2.47 bits per heavy atom. The Labute approximate surface area is 117 Å². The maximum Gasteiger partial charge on any atom is 0.307 e. The van der Waals surface area contributed by atoms with Crippen LogP contribution in [0.1, 0.15) is 5.69 Å². The van der Waals surface area contributed by atoms with Crippen molar-refractivity contribution in [2.45, 2.75) is 6.92 Å². The van der Waals surface area contributed by atoms with Crippen LogP contribution in [0.5, 0.6) is 0 Å². The first-order valence-electron chi connectivity index (χ1n) is 5.86. The Morgan fingerprint density at radius 1 is 1.16 bits per heavy atom. The smallest absolute Gasteiger partial charge is 0.307 e. The van der Waals surface area contributed by atoms with Crippen LogP contribution in [0.25, 0.3) is 5.70 Å². The number of hydrogen-bond donors (Lipinski definition) is 2. The molecule has 0 atom stereocenters. The second kappa shape index (κ2) is 6.05. The molecule has 0 saturated heterocycles. The molecule has 0 bridgehead atoms. The van der Waals surface area contributed by atoms with Crippen molar-refractivity contribution in [1.29, 1.82) is 5.41 Å². The predicted molar refractivity (Wildman–Crippen MR) is 81.5 cm³/mol. The van der Waals surface area contributed by atoms with E-state index in [9.17, 15) is 0 Å². The first-order chi connectivity index (χ1) is 9.22. The van der Waals surface area contributed by atoms with Crippen molar-refractivity contribution in [3.63, 3.8) is 0 Å². The standard InChI is InChI=1S/C15H13N3S/c1-12-7-5-6-10-18(12)14(11-16)15(19)17-13-8-3-2-4-9-13/h2-10,16H,1H3/p+1. The first kappa shape index (κ1) is 13.1. The number of benzene rings is 1. The second-order valence-corrected chi connectivity index (χ2v) is 4.41.